The minimum atomic E-state index is -1.19. The first-order chi connectivity index (χ1) is 11.6. The molecule has 2 aromatic rings. The maximum atomic E-state index is 12.8. The Bertz CT molecular complexity index is 856. The van der Waals surface area contributed by atoms with Crippen molar-refractivity contribution in [2.24, 2.45) is 0 Å². The zero-order chi connectivity index (χ0) is 17.3. The van der Waals surface area contributed by atoms with Gasteiger partial charge in [0.1, 0.15) is 0 Å². The van der Waals surface area contributed by atoms with E-state index in [4.69, 9.17) is 5.11 Å². The fourth-order valence-corrected chi connectivity index (χ4v) is 2.84. The van der Waals surface area contributed by atoms with E-state index in [0.717, 1.165) is 0 Å². The quantitative estimate of drug-likeness (QED) is 0.620. The Balaban J connectivity index is 2.20. The van der Waals surface area contributed by atoms with E-state index in [2.05, 4.69) is 5.32 Å². The van der Waals surface area contributed by atoms with Gasteiger partial charge in [-0.1, -0.05) is 24.3 Å². The zero-order valence-electron chi connectivity index (χ0n) is 12.7. The summed E-state index contributed by atoms with van der Waals surface area (Å²) in [5, 5.41) is 21.2. The maximum absolute atomic E-state index is 12.8. The molecule has 6 nitrogen and oxygen atoms in total. The number of hydrogen-bond donors (Lipinski definition) is 3. The number of aliphatic hydroxyl groups is 1. The van der Waals surface area contributed by atoms with Gasteiger partial charge in [0.25, 0.3) is 0 Å². The predicted octanol–water partition coefficient (Wildman–Crippen LogP) is 1.95. The van der Waals surface area contributed by atoms with Gasteiger partial charge in [0, 0.05) is 29.8 Å². The lowest BCUT2D eigenvalue weighted by Crippen LogP contribution is -2.24. The van der Waals surface area contributed by atoms with Crippen molar-refractivity contribution in [2.45, 2.75) is 6.42 Å². The highest BCUT2D eigenvalue weighted by Gasteiger charge is 2.33. The molecule has 3 rings (SSSR count). The van der Waals surface area contributed by atoms with Crippen LogP contribution in [0.2, 0.25) is 0 Å². The van der Waals surface area contributed by atoms with Crippen molar-refractivity contribution in [1.29, 1.82) is 0 Å². The zero-order valence-corrected chi connectivity index (χ0v) is 12.7. The van der Waals surface area contributed by atoms with Crippen molar-refractivity contribution in [2.75, 3.05) is 18.5 Å². The second-order valence-electron chi connectivity index (χ2n) is 5.42. The molecule has 0 amide bonds. The molecule has 122 valence electrons. The lowest BCUT2D eigenvalue weighted by Gasteiger charge is -2.22. The van der Waals surface area contributed by atoms with Crippen LogP contribution in [0.5, 0.6) is 0 Å². The predicted molar refractivity (Wildman–Crippen MR) is 86.9 cm³/mol. The smallest absolute Gasteiger partial charge is 0.337 e. The van der Waals surface area contributed by atoms with Gasteiger partial charge in [-0.2, -0.15) is 0 Å². The van der Waals surface area contributed by atoms with E-state index in [1.165, 1.54) is 12.1 Å². The highest BCUT2D eigenvalue weighted by atomic mass is 16.4. The number of anilines is 1. The van der Waals surface area contributed by atoms with Crippen molar-refractivity contribution >= 4 is 23.2 Å². The molecular formula is C18H15NO5. The van der Waals surface area contributed by atoms with Crippen LogP contribution in [0.25, 0.3) is 0 Å². The maximum Gasteiger partial charge on any atom is 0.337 e. The molecule has 6 heteroatoms. The molecule has 1 aliphatic rings. The average molecular weight is 325 g/mol. The molecule has 0 aliphatic heterocycles. The summed E-state index contributed by atoms with van der Waals surface area (Å²) in [6.07, 6.45) is 0.390. The van der Waals surface area contributed by atoms with Crippen LogP contribution in [0.15, 0.2) is 36.4 Å². The number of carbonyl (C=O) groups is 3. The third-order valence-corrected chi connectivity index (χ3v) is 3.96. The van der Waals surface area contributed by atoms with Gasteiger partial charge in [-0.05, 0) is 18.6 Å². The summed E-state index contributed by atoms with van der Waals surface area (Å²) in [7, 11) is 0. The minimum absolute atomic E-state index is 0.0693. The molecule has 1 aliphatic carbocycles. The second kappa shape index (κ2) is 6.25. The number of carboxylic acids is 1. The first kappa shape index (κ1) is 15.9. The van der Waals surface area contributed by atoms with Crippen LogP contribution in [-0.4, -0.2) is 40.9 Å². The van der Waals surface area contributed by atoms with Crippen LogP contribution in [0.3, 0.4) is 0 Å². The van der Waals surface area contributed by atoms with E-state index < -0.39 is 5.97 Å². The van der Waals surface area contributed by atoms with Crippen molar-refractivity contribution in [3.05, 3.63) is 64.2 Å². The molecular weight excluding hydrogens is 310 g/mol. The van der Waals surface area contributed by atoms with E-state index >= 15 is 0 Å². The van der Waals surface area contributed by atoms with Gasteiger partial charge < -0.3 is 15.5 Å². The largest absolute Gasteiger partial charge is 0.478 e. The molecule has 0 atom stereocenters. The Morgan fingerprint density at radius 2 is 1.62 bits per heavy atom. The molecule has 24 heavy (non-hydrogen) atoms. The van der Waals surface area contributed by atoms with Gasteiger partial charge in [-0.3, -0.25) is 9.59 Å². The van der Waals surface area contributed by atoms with Crippen LogP contribution in [0.1, 0.15) is 48.6 Å². The van der Waals surface area contributed by atoms with E-state index in [0.29, 0.717) is 12.0 Å². The Kier molecular flexibility index (Phi) is 4.14. The van der Waals surface area contributed by atoms with Gasteiger partial charge in [0.15, 0.2) is 11.6 Å². The summed E-state index contributed by atoms with van der Waals surface area (Å²) in [5.74, 6) is -1.87. The van der Waals surface area contributed by atoms with Crippen LogP contribution in [-0.2, 0) is 0 Å². The summed E-state index contributed by atoms with van der Waals surface area (Å²) in [4.78, 5) is 37.0. The fraction of sp³-hybridized carbons (Fsp3) is 0.167. The van der Waals surface area contributed by atoms with Gasteiger partial charge >= 0.3 is 5.97 Å². The number of aliphatic hydroxyl groups excluding tert-OH is 1. The Morgan fingerprint density at radius 1 is 0.958 bits per heavy atom. The first-order valence-electron chi connectivity index (χ1n) is 7.49. The summed E-state index contributed by atoms with van der Waals surface area (Å²) in [6, 6.07) is 9.19. The SMILES string of the molecule is O=C(O)c1ccc2c(c1NCCCO)C(=O)c1ccccc1C2=O. The van der Waals surface area contributed by atoms with Crippen molar-refractivity contribution in [3.8, 4) is 0 Å². The van der Waals surface area contributed by atoms with Gasteiger partial charge in [-0.15, -0.1) is 0 Å². The monoisotopic (exact) mass is 325 g/mol. The van der Waals surface area contributed by atoms with Crippen molar-refractivity contribution in [1.82, 2.24) is 0 Å². The van der Waals surface area contributed by atoms with Crippen LogP contribution >= 0.6 is 0 Å². The Hall–Kier alpha value is -2.99. The molecule has 0 spiro atoms. The van der Waals surface area contributed by atoms with E-state index in [1.807, 2.05) is 0 Å². The Labute approximate surface area is 137 Å². The molecule has 0 saturated heterocycles. The number of hydrogen-bond acceptors (Lipinski definition) is 5. The number of ketones is 2. The molecule has 0 saturated carbocycles. The van der Waals surface area contributed by atoms with E-state index in [1.54, 1.807) is 24.3 Å². The van der Waals surface area contributed by atoms with Gasteiger partial charge in [-0.25, -0.2) is 4.79 Å². The molecule has 3 N–H and O–H groups in total. The first-order valence-corrected chi connectivity index (χ1v) is 7.49. The van der Waals surface area contributed by atoms with Crippen LogP contribution < -0.4 is 5.32 Å². The number of carbonyl (C=O) groups excluding carboxylic acids is 2. The topological polar surface area (TPSA) is 104 Å². The number of fused-ring (bicyclic) bond motifs is 2. The number of carboxylic acid groups (broad SMARTS) is 1. The highest BCUT2D eigenvalue weighted by Crippen LogP contribution is 2.34. The fourth-order valence-electron chi connectivity index (χ4n) is 2.84. The van der Waals surface area contributed by atoms with Crippen LogP contribution in [0.4, 0.5) is 5.69 Å². The van der Waals surface area contributed by atoms with E-state index in [9.17, 15) is 19.5 Å². The second-order valence-corrected chi connectivity index (χ2v) is 5.42. The molecule has 0 bridgehead atoms. The number of aromatic carboxylic acids is 1. The normalized spacial score (nSPS) is 12.5. The molecule has 0 aromatic heterocycles. The molecule has 0 fully saturated rings. The van der Waals surface area contributed by atoms with Crippen molar-refractivity contribution < 1.29 is 24.6 Å². The highest BCUT2D eigenvalue weighted by molar-refractivity contribution is 6.31. The van der Waals surface area contributed by atoms with Gasteiger partial charge in [0.05, 0.1) is 16.8 Å². The molecule has 0 heterocycles. The summed E-state index contributed by atoms with van der Waals surface area (Å²) >= 11 is 0. The summed E-state index contributed by atoms with van der Waals surface area (Å²) in [6.45, 7) is 0.219. The average Bonchev–Trinajstić information content (AvgIpc) is 2.59. The van der Waals surface area contributed by atoms with Crippen LogP contribution in [0, 0.1) is 0 Å². The summed E-state index contributed by atoms with van der Waals surface area (Å²) in [5.41, 5.74) is 0.905. The molecule has 0 unspecified atom stereocenters. The Morgan fingerprint density at radius 3 is 2.25 bits per heavy atom. The molecule has 2 aromatic carbocycles. The standard InChI is InChI=1S/C18H15NO5/c20-9-3-8-19-15-13(18(23)24)7-6-12-14(15)17(22)11-5-2-1-4-10(11)16(12)21/h1-2,4-7,19-20H,3,8-9H2,(H,23,24). The number of rotatable bonds is 5. The third-order valence-electron chi connectivity index (χ3n) is 3.96. The number of benzene rings is 2. The summed E-state index contributed by atoms with van der Waals surface area (Å²) < 4.78 is 0. The van der Waals surface area contributed by atoms with E-state index in [-0.39, 0.29) is 52.7 Å². The lowest BCUT2D eigenvalue weighted by atomic mass is 9.82. The third kappa shape index (κ3) is 2.47. The van der Waals surface area contributed by atoms with Crippen molar-refractivity contribution in [3.63, 3.8) is 0 Å². The lowest BCUT2D eigenvalue weighted by molar-refractivity contribution is 0.0697. The van der Waals surface area contributed by atoms with Gasteiger partial charge in [0.2, 0.25) is 0 Å². The molecule has 0 radical (unpaired) electrons. The number of nitrogens with one attached hydrogen (secondary N) is 1. The minimum Gasteiger partial charge on any atom is -0.478 e.